The van der Waals surface area contributed by atoms with Crippen LogP contribution in [-0.4, -0.2) is 22.0 Å². The van der Waals surface area contributed by atoms with Crippen molar-refractivity contribution in [1.82, 2.24) is 14.9 Å². The maximum absolute atomic E-state index is 12.1. The number of rotatable bonds is 5. The Labute approximate surface area is 134 Å². The Morgan fingerprint density at radius 1 is 1.32 bits per heavy atom. The minimum absolute atomic E-state index is 0.0283. The quantitative estimate of drug-likeness (QED) is 0.920. The first-order chi connectivity index (χ1) is 10.5. The number of hydrogen-bond acceptors (Lipinski definition) is 3. The lowest BCUT2D eigenvalue weighted by Gasteiger charge is -2.09. The van der Waals surface area contributed by atoms with Crippen molar-refractivity contribution in [2.45, 2.75) is 20.4 Å². The highest BCUT2D eigenvalue weighted by Crippen LogP contribution is 2.17. The number of halogens is 1. The highest BCUT2D eigenvalue weighted by Gasteiger charge is 2.07. The smallest absolute Gasteiger partial charge is 0.254 e. The first-order valence-electron chi connectivity index (χ1n) is 7.05. The average molecular weight is 320 g/mol. The summed E-state index contributed by atoms with van der Waals surface area (Å²) in [5.74, 6) is 0.169. The van der Waals surface area contributed by atoms with E-state index in [1.165, 1.54) is 17.0 Å². The Bertz CT molecular complexity index is 708. The predicted octanol–water partition coefficient (Wildman–Crippen LogP) is 2.34. The van der Waals surface area contributed by atoms with E-state index in [-0.39, 0.29) is 18.0 Å². The van der Waals surface area contributed by atoms with Crippen molar-refractivity contribution in [1.29, 1.82) is 0 Å². The van der Waals surface area contributed by atoms with E-state index in [1.54, 1.807) is 24.3 Å². The van der Waals surface area contributed by atoms with Crippen molar-refractivity contribution >= 4 is 17.5 Å². The third-order valence-electron chi connectivity index (χ3n) is 3.04. The van der Waals surface area contributed by atoms with E-state index in [1.807, 2.05) is 13.8 Å². The summed E-state index contributed by atoms with van der Waals surface area (Å²) in [7, 11) is 0. The van der Waals surface area contributed by atoms with Gasteiger partial charge in [0.2, 0.25) is 5.91 Å². The summed E-state index contributed by atoms with van der Waals surface area (Å²) in [5.41, 5.74) is 1.10. The summed E-state index contributed by atoms with van der Waals surface area (Å²) in [4.78, 5) is 28.0. The molecule has 6 heteroatoms. The van der Waals surface area contributed by atoms with Crippen LogP contribution < -0.4 is 10.9 Å². The van der Waals surface area contributed by atoms with Crippen LogP contribution in [0.5, 0.6) is 0 Å². The molecular weight excluding hydrogens is 302 g/mol. The number of nitrogens with one attached hydrogen (secondary N) is 1. The minimum Gasteiger partial charge on any atom is -0.354 e. The molecule has 0 aliphatic heterocycles. The summed E-state index contributed by atoms with van der Waals surface area (Å²) >= 11 is 5.83. The van der Waals surface area contributed by atoms with E-state index in [9.17, 15) is 9.59 Å². The number of amides is 1. The molecule has 2 rings (SSSR count). The van der Waals surface area contributed by atoms with Gasteiger partial charge < -0.3 is 5.32 Å². The molecule has 0 fully saturated rings. The fourth-order valence-electron chi connectivity index (χ4n) is 1.85. The topological polar surface area (TPSA) is 64.0 Å². The molecule has 1 N–H and O–H groups in total. The number of carbonyl (C=O) groups excluding carboxylic acids is 1. The predicted molar refractivity (Wildman–Crippen MR) is 86.8 cm³/mol. The molecule has 0 aliphatic carbocycles. The van der Waals surface area contributed by atoms with Crippen molar-refractivity contribution < 1.29 is 4.79 Å². The van der Waals surface area contributed by atoms with Crippen molar-refractivity contribution in [2.24, 2.45) is 5.92 Å². The lowest BCUT2D eigenvalue weighted by Crippen LogP contribution is -2.34. The van der Waals surface area contributed by atoms with Gasteiger partial charge in [-0.1, -0.05) is 37.6 Å². The highest BCUT2D eigenvalue weighted by molar-refractivity contribution is 6.30. The Hall–Kier alpha value is -2.14. The van der Waals surface area contributed by atoms with Crippen LogP contribution in [0.25, 0.3) is 11.3 Å². The number of aromatic nitrogens is 2. The molecule has 0 atom stereocenters. The van der Waals surface area contributed by atoms with Gasteiger partial charge in [-0.3, -0.25) is 14.2 Å². The van der Waals surface area contributed by atoms with Gasteiger partial charge in [0.05, 0.1) is 12.0 Å². The van der Waals surface area contributed by atoms with Crippen LogP contribution in [0, 0.1) is 5.92 Å². The summed E-state index contributed by atoms with van der Waals surface area (Å²) in [6.45, 7) is 4.58. The van der Waals surface area contributed by atoms with Gasteiger partial charge in [0, 0.05) is 23.2 Å². The maximum Gasteiger partial charge on any atom is 0.254 e. The normalized spacial score (nSPS) is 10.7. The molecule has 0 radical (unpaired) electrons. The number of hydrogen-bond donors (Lipinski definition) is 1. The zero-order valence-electron chi connectivity index (χ0n) is 12.5. The maximum atomic E-state index is 12.1. The largest absolute Gasteiger partial charge is 0.354 e. The molecule has 0 saturated heterocycles. The van der Waals surface area contributed by atoms with Gasteiger partial charge in [0.1, 0.15) is 6.54 Å². The standard InChI is InChI=1S/C16H18ClN3O2/c1-11(2)8-18-15(21)9-20-10-19-14(7-16(20)22)12-3-5-13(17)6-4-12/h3-7,10-11H,8-9H2,1-2H3,(H,18,21). The molecule has 0 unspecified atom stereocenters. The van der Waals surface area contributed by atoms with Crippen LogP contribution in [0.1, 0.15) is 13.8 Å². The van der Waals surface area contributed by atoms with E-state index < -0.39 is 0 Å². The van der Waals surface area contributed by atoms with Crippen molar-refractivity contribution in [3.8, 4) is 11.3 Å². The van der Waals surface area contributed by atoms with Gasteiger partial charge in [-0.05, 0) is 18.1 Å². The van der Waals surface area contributed by atoms with E-state index in [4.69, 9.17) is 11.6 Å². The molecule has 1 aromatic heterocycles. The molecule has 22 heavy (non-hydrogen) atoms. The van der Waals surface area contributed by atoms with Crippen LogP contribution >= 0.6 is 11.6 Å². The summed E-state index contributed by atoms with van der Waals surface area (Å²) in [6, 6.07) is 8.49. The fourth-order valence-corrected chi connectivity index (χ4v) is 1.98. The second-order valence-corrected chi connectivity index (χ2v) is 5.88. The Balaban J connectivity index is 2.11. The van der Waals surface area contributed by atoms with Gasteiger partial charge in [0.15, 0.2) is 0 Å². The molecular formula is C16H18ClN3O2. The first-order valence-corrected chi connectivity index (χ1v) is 7.42. The average Bonchev–Trinajstić information content (AvgIpc) is 2.48. The summed E-state index contributed by atoms with van der Waals surface area (Å²) in [5, 5.41) is 3.39. The molecule has 0 saturated carbocycles. The zero-order chi connectivity index (χ0) is 16.1. The van der Waals surface area contributed by atoms with E-state index in [0.717, 1.165) is 5.56 Å². The van der Waals surface area contributed by atoms with Gasteiger partial charge in [-0.2, -0.15) is 0 Å². The summed E-state index contributed by atoms with van der Waals surface area (Å²) < 4.78 is 1.29. The summed E-state index contributed by atoms with van der Waals surface area (Å²) in [6.07, 6.45) is 1.39. The molecule has 1 aromatic carbocycles. The molecule has 0 aliphatic rings. The molecule has 0 bridgehead atoms. The van der Waals surface area contributed by atoms with E-state index in [0.29, 0.717) is 23.2 Å². The molecule has 0 spiro atoms. The Morgan fingerprint density at radius 3 is 2.59 bits per heavy atom. The van der Waals surface area contributed by atoms with Crippen LogP contribution in [0.15, 0.2) is 41.5 Å². The van der Waals surface area contributed by atoms with Crippen LogP contribution in [0.3, 0.4) is 0 Å². The molecule has 2 aromatic rings. The van der Waals surface area contributed by atoms with Crippen molar-refractivity contribution in [2.75, 3.05) is 6.54 Å². The number of nitrogens with zero attached hydrogens (tertiary/aromatic N) is 2. The lowest BCUT2D eigenvalue weighted by atomic mass is 10.1. The third-order valence-corrected chi connectivity index (χ3v) is 3.29. The minimum atomic E-state index is -0.264. The monoisotopic (exact) mass is 319 g/mol. The fraction of sp³-hybridized carbons (Fsp3) is 0.312. The number of benzene rings is 1. The van der Waals surface area contributed by atoms with Gasteiger partial charge in [-0.15, -0.1) is 0 Å². The zero-order valence-corrected chi connectivity index (χ0v) is 13.3. The Kier molecular flexibility index (Phi) is 5.33. The molecule has 5 nitrogen and oxygen atoms in total. The number of carbonyl (C=O) groups is 1. The van der Waals surface area contributed by atoms with Gasteiger partial charge in [0.25, 0.3) is 5.56 Å². The molecule has 116 valence electrons. The van der Waals surface area contributed by atoms with Gasteiger partial charge in [-0.25, -0.2) is 4.98 Å². The first kappa shape index (κ1) is 16.2. The lowest BCUT2D eigenvalue weighted by molar-refractivity contribution is -0.121. The molecule has 1 amide bonds. The van der Waals surface area contributed by atoms with Crippen LogP contribution in [-0.2, 0) is 11.3 Å². The third kappa shape index (κ3) is 4.43. The van der Waals surface area contributed by atoms with E-state index >= 15 is 0 Å². The van der Waals surface area contributed by atoms with Gasteiger partial charge >= 0.3 is 0 Å². The van der Waals surface area contributed by atoms with Crippen molar-refractivity contribution in [3.63, 3.8) is 0 Å². The van der Waals surface area contributed by atoms with Crippen molar-refractivity contribution in [3.05, 3.63) is 52.0 Å². The molecule has 1 heterocycles. The second kappa shape index (κ2) is 7.22. The second-order valence-electron chi connectivity index (χ2n) is 5.45. The van der Waals surface area contributed by atoms with Crippen LogP contribution in [0.2, 0.25) is 5.02 Å². The van der Waals surface area contributed by atoms with E-state index in [2.05, 4.69) is 10.3 Å². The Morgan fingerprint density at radius 2 is 2.00 bits per heavy atom. The highest BCUT2D eigenvalue weighted by atomic mass is 35.5. The SMILES string of the molecule is CC(C)CNC(=O)Cn1cnc(-c2ccc(Cl)cc2)cc1=O. The van der Waals surface area contributed by atoms with Crippen LogP contribution in [0.4, 0.5) is 0 Å².